The Labute approximate surface area is 112 Å². The van der Waals surface area contributed by atoms with E-state index in [-0.39, 0.29) is 18.2 Å². The number of hydrazine groups is 1. The number of methoxy groups -OCH3 is 1. The summed E-state index contributed by atoms with van der Waals surface area (Å²) in [5.41, 5.74) is 0.833. The van der Waals surface area contributed by atoms with E-state index in [1.165, 1.54) is 7.11 Å². The molecule has 9 heteroatoms. The number of alkyl halides is 3. The molecule has 0 aliphatic heterocycles. The standard InChI is InChI=1S/C11H14F4N4O/c1-20-5-4-17-10(19-16)18-7-2-3-9(12)8(6-7)11(13,14)15/h2-3,6H,4-5,16H2,1H3,(H2,17,18,19). The number of hydrogen-bond acceptors (Lipinski definition) is 3. The zero-order valence-electron chi connectivity index (χ0n) is 10.6. The van der Waals surface area contributed by atoms with Gasteiger partial charge < -0.3 is 10.1 Å². The largest absolute Gasteiger partial charge is 0.419 e. The van der Waals surface area contributed by atoms with E-state index >= 15 is 0 Å². The van der Waals surface area contributed by atoms with Gasteiger partial charge in [-0.2, -0.15) is 13.2 Å². The second kappa shape index (κ2) is 7.06. The van der Waals surface area contributed by atoms with Crippen LogP contribution in [0.5, 0.6) is 0 Å². The van der Waals surface area contributed by atoms with Crippen molar-refractivity contribution in [2.75, 3.05) is 25.6 Å². The molecule has 0 radical (unpaired) electrons. The van der Waals surface area contributed by atoms with Crippen LogP contribution in [0.2, 0.25) is 0 Å². The summed E-state index contributed by atoms with van der Waals surface area (Å²) in [6.07, 6.45) is -4.77. The Morgan fingerprint density at radius 3 is 2.65 bits per heavy atom. The molecular weight excluding hydrogens is 280 g/mol. The first-order valence-electron chi connectivity index (χ1n) is 5.52. The van der Waals surface area contributed by atoms with Crippen molar-refractivity contribution >= 4 is 11.6 Å². The highest BCUT2D eigenvalue weighted by molar-refractivity contribution is 5.93. The van der Waals surface area contributed by atoms with Crippen LogP contribution in [-0.2, 0) is 10.9 Å². The third-order valence-corrected chi connectivity index (χ3v) is 2.24. The number of anilines is 1. The molecule has 0 aliphatic carbocycles. The summed E-state index contributed by atoms with van der Waals surface area (Å²) in [7, 11) is 1.48. The van der Waals surface area contributed by atoms with Crippen LogP contribution in [0.15, 0.2) is 23.2 Å². The molecule has 0 amide bonds. The van der Waals surface area contributed by atoms with E-state index in [1.54, 1.807) is 0 Å². The summed E-state index contributed by atoms with van der Waals surface area (Å²) < 4.78 is 55.5. The molecule has 0 atom stereocenters. The number of hydrogen-bond donors (Lipinski definition) is 3. The van der Waals surface area contributed by atoms with Gasteiger partial charge in [0.15, 0.2) is 0 Å². The molecule has 4 N–H and O–H groups in total. The van der Waals surface area contributed by atoms with Crippen LogP contribution in [0.4, 0.5) is 23.2 Å². The average molecular weight is 294 g/mol. The van der Waals surface area contributed by atoms with Crippen LogP contribution in [0.1, 0.15) is 5.56 Å². The molecule has 0 fully saturated rings. The topological polar surface area (TPSA) is 71.7 Å². The summed E-state index contributed by atoms with van der Waals surface area (Å²) in [6, 6.07) is 2.50. The predicted molar refractivity (Wildman–Crippen MR) is 66.5 cm³/mol. The molecule has 0 unspecified atom stereocenters. The lowest BCUT2D eigenvalue weighted by atomic mass is 10.2. The Morgan fingerprint density at radius 1 is 1.40 bits per heavy atom. The summed E-state index contributed by atoms with van der Waals surface area (Å²) in [4.78, 5) is 3.91. The molecule has 1 rings (SSSR count). The molecule has 0 heterocycles. The van der Waals surface area contributed by atoms with Crippen molar-refractivity contribution in [1.82, 2.24) is 5.43 Å². The summed E-state index contributed by atoms with van der Waals surface area (Å²) in [5, 5.41) is 2.52. The summed E-state index contributed by atoms with van der Waals surface area (Å²) in [6.45, 7) is 0.584. The number of nitrogens with zero attached hydrogens (tertiary/aromatic N) is 1. The molecule has 0 spiro atoms. The number of aliphatic imine (C=N–C) groups is 1. The maximum absolute atomic E-state index is 13.1. The number of ether oxygens (including phenoxy) is 1. The fourth-order valence-corrected chi connectivity index (χ4v) is 1.33. The van der Waals surface area contributed by atoms with Crippen molar-refractivity contribution in [3.8, 4) is 0 Å². The third kappa shape index (κ3) is 4.67. The zero-order valence-corrected chi connectivity index (χ0v) is 10.6. The molecule has 5 nitrogen and oxygen atoms in total. The molecular formula is C11H14F4N4O. The molecule has 0 saturated carbocycles. The number of benzene rings is 1. The number of nitrogens with two attached hydrogens (primary N) is 1. The van der Waals surface area contributed by atoms with Crippen molar-refractivity contribution in [2.24, 2.45) is 10.8 Å². The molecule has 0 aliphatic rings. The van der Waals surface area contributed by atoms with E-state index in [0.29, 0.717) is 18.7 Å². The van der Waals surface area contributed by atoms with Gasteiger partial charge in [-0.15, -0.1) is 0 Å². The van der Waals surface area contributed by atoms with Gasteiger partial charge in [-0.25, -0.2) is 15.2 Å². The van der Waals surface area contributed by atoms with E-state index in [4.69, 9.17) is 10.6 Å². The first-order valence-corrected chi connectivity index (χ1v) is 5.52. The predicted octanol–water partition coefficient (Wildman–Crippen LogP) is 1.72. The van der Waals surface area contributed by atoms with Crippen LogP contribution in [0.3, 0.4) is 0 Å². The maximum atomic E-state index is 13.1. The Balaban J connectivity index is 2.89. The number of guanidine groups is 1. The highest BCUT2D eigenvalue weighted by Gasteiger charge is 2.34. The minimum absolute atomic E-state index is 0.00726. The van der Waals surface area contributed by atoms with Gasteiger partial charge in [-0.1, -0.05) is 0 Å². The van der Waals surface area contributed by atoms with Crippen molar-refractivity contribution in [3.05, 3.63) is 29.6 Å². The van der Waals surface area contributed by atoms with Crippen molar-refractivity contribution in [3.63, 3.8) is 0 Å². The maximum Gasteiger partial charge on any atom is 0.419 e. The van der Waals surface area contributed by atoms with E-state index in [0.717, 1.165) is 6.07 Å². The lowest BCUT2D eigenvalue weighted by Gasteiger charge is -2.12. The van der Waals surface area contributed by atoms with Gasteiger partial charge in [-0.3, -0.25) is 5.43 Å². The average Bonchev–Trinajstić information content (AvgIpc) is 2.38. The number of nitrogens with one attached hydrogen (secondary N) is 2. The highest BCUT2D eigenvalue weighted by Crippen LogP contribution is 2.32. The van der Waals surface area contributed by atoms with Crippen LogP contribution in [0.25, 0.3) is 0 Å². The van der Waals surface area contributed by atoms with Crippen LogP contribution >= 0.6 is 0 Å². The van der Waals surface area contributed by atoms with Gasteiger partial charge in [0.05, 0.1) is 18.7 Å². The second-order valence-corrected chi connectivity index (χ2v) is 3.68. The lowest BCUT2D eigenvalue weighted by molar-refractivity contribution is -0.139. The van der Waals surface area contributed by atoms with Crippen LogP contribution < -0.4 is 16.6 Å². The highest BCUT2D eigenvalue weighted by atomic mass is 19.4. The van der Waals surface area contributed by atoms with Gasteiger partial charge in [0.25, 0.3) is 0 Å². The molecule has 0 saturated heterocycles. The fraction of sp³-hybridized carbons (Fsp3) is 0.364. The van der Waals surface area contributed by atoms with Gasteiger partial charge in [0.2, 0.25) is 5.96 Å². The van der Waals surface area contributed by atoms with Crippen LogP contribution in [-0.4, -0.2) is 26.2 Å². The van der Waals surface area contributed by atoms with E-state index in [1.807, 2.05) is 0 Å². The third-order valence-electron chi connectivity index (χ3n) is 2.24. The Hall–Kier alpha value is -1.87. The van der Waals surface area contributed by atoms with Gasteiger partial charge in [0.1, 0.15) is 5.82 Å². The van der Waals surface area contributed by atoms with Crippen molar-refractivity contribution in [2.45, 2.75) is 6.18 Å². The molecule has 112 valence electrons. The normalized spacial score (nSPS) is 12.4. The Kier molecular flexibility index (Phi) is 5.71. The fourth-order valence-electron chi connectivity index (χ4n) is 1.33. The number of rotatable bonds is 4. The van der Waals surface area contributed by atoms with Crippen molar-refractivity contribution < 1.29 is 22.3 Å². The Morgan fingerprint density at radius 2 is 2.10 bits per heavy atom. The second-order valence-electron chi connectivity index (χ2n) is 3.68. The molecule has 1 aromatic carbocycles. The molecule has 1 aromatic rings. The summed E-state index contributed by atoms with van der Waals surface area (Å²) in [5.74, 6) is 3.87. The van der Waals surface area contributed by atoms with Gasteiger partial charge in [-0.05, 0) is 18.2 Å². The van der Waals surface area contributed by atoms with Crippen LogP contribution in [0, 0.1) is 5.82 Å². The van der Waals surface area contributed by atoms with Crippen molar-refractivity contribution in [1.29, 1.82) is 0 Å². The first kappa shape index (κ1) is 16.2. The van der Waals surface area contributed by atoms with E-state index in [9.17, 15) is 17.6 Å². The van der Waals surface area contributed by atoms with E-state index in [2.05, 4.69) is 15.7 Å². The SMILES string of the molecule is COCCN=C(NN)Nc1ccc(F)c(C(F)(F)F)c1. The van der Waals surface area contributed by atoms with E-state index < -0.39 is 17.6 Å². The molecule has 0 aromatic heterocycles. The first-order chi connectivity index (χ1) is 9.38. The quantitative estimate of drug-likeness (QED) is 0.197. The minimum Gasteiger partial charge on any atom is -0.383 e. The van der Waals surface area contributed by atoms with Gasteiger partial charge in [0, 0.05) is 12.8 Å². The molecule has 0 bridgehead atoms. The van der Waals surface area contributed by atoms with Gasteiger partial charge >= 0.3 is 6.18 Å². The minimum atomic E-state index is -4.77. The number of halogens is 4. The lowest BCUT2D eigenvalue weighted by Crippen LogP contribution is -2.36. The Bertz CT molecular complexity index is 476. The zero-order chi connectivity index (χ0) is 15.2. The summed E-state index contributed by atoms with van der Waals surface area (Å²) >= 11 is 0. The smallest absolute Gasteiger partial charge is 0.383 e. The molecule has 20 heavy (non-hydrogen) atoms. The monoisotopic (exact) mass is 294 g/mol.